The molecule has 25 heavy (non-hydrogen) atoms. The Labute approximate surface area is 148 Å². The average molecular weight is 346 g/mol. The third-order valence-corrected chi connectivity index (χ3v) is 4.77. The first-order valence-electron chi connectivity index (χ1n) is 8.76. The second-order valence-corrected chi connectivity index (χ2v) is 6.81. The predicted octanol–water partition coefficient (Wildman–Crippen LogP) is 1.61. The largest absolute Gasteiger partial charge is 0.444 e. The zero-order valence-corrected chi connectivity index (χ0v) is 14.9. The van der Waals surface area contributed by atoms with Crippen LogP contribution in [0.4, 0.5) is 16.2 Å². The highest BCUT2D eigenvalue weighted by Crippen LogP contribution is 2.20. The molecule has 0 bridgehead atoms. The second-order valence-electron chi connectivity index (χ2n) is 6.81. The fraction of sp³-hybridized carbons (Fsp3) is 0.556. The van der Waals surface area contributed by atoms with Crippen molar-refractivity contribution in [3.8, 4) is 0 Å². The van der Waals surface area contributed by atoms with Gasteiger partial charge in [-0.15, -0.1) is 0 Å². The van der Waals surface area contributed by atoms with Crippen LogP contribution in [0.1, 0.15) is 12.8 Å². The maximum atomic E-state index is 12.1. The highest BCUT2D eigenvalue weighted by atomic mass is 16.6. The Balaban J connectivity index is 1.45. The topological polar surface area (TPSA) is 65.1 Å². The van der Waals surface area contributed by atoms with E-state index in [2.05, 4.69) is 34.3 Å². The van der Waals surface area contributed by atoms with Gasteiger partial charge in [-0.2, -0.15) is 0 Å². The van der Waals surface area contributed by atoms with Crippen molar-refractivity contribution in [1.82, 2.24) is 9.80 Å². The van der Waals surface area contributed by atoms with E-state index in [1.165, 1.54) is 10.6 Å². The van der Waals surface area contributed by atoms with Crippen LogP contribution in [0.2, 0.25) is 0 Å². The van der Waals surface area contributed by atoms with Crippen molar-refractivity contribution in [2.24, 2.45) is 0 Å². The Hall–Kier alpha value is -2.28. The number of hydrogen-bond acceptors (Lipinski definition) is 5. The molecule has 7 nitrogen and oxygen atoms in total. The van der Waals surface area contributed by atoms with Crippen molar-refractivity contribution in [3.05, 3.63) is 24.3 Å². The zero-order valence-electron chi connectivity index (χ0n) is 14.9. The first-order valence-corrected chi connectivity index (χ1v) is 8.76. The molecule has 1 aromatic rings. The van der Waals surface area contributed by atoms with Gasteiger partial charge in [-0.1, -0.05) is 0 Å². The molecule has 1 unspecified atom stereocenters. The van der Waals surface area contributed by atoms with Gasteiger partial charge in [0.15, 0.2) is 0 Å². The predicted molar refractivity (Wildman–Crippen MR) is 96.9 cm³/mol. The van der Waals surface area contributed by atoms with Crippen molar-refractivity contribution in [3.63, 3.8) is 0 Å². The van der Waals surface area contributed by atoms with Gasteiger partial charge in [0.2, 0.25) is 5.91 Å². The monoisotopic (exact) mass is 346 g/mol. The van der Waals surface area contributed by atoms with Crippen molar-refractivity contribution in [2.75, 3.05) is 57.0 Å². The summed E-state index contributed by atoms with van der Waals surface area (Å²) in [7, 11) is 3.84. The van der Waals surface area contributed by atoms with Crippen LogP contribution in [0.25, 0.3) is 0 Å². The van der Waals surface area contributed by atoms with Crippen molar-refractivity contribution in [2.45, 2.75) is 18.9 Å². The molecule has 0 radical (unpaired) electrons. The number of anilines is 2. The lowest BCUT2D eigenvalue weighted by molar-refractivity contribution is -0.116. The summed E-state index contributed by atoms with van der Waals surface area (Å²) in [5, 5.41) is 2.91. The Bertz CT molecular complexity index is 611. The summed E-state index contributed by atoms with van der Waals surface area (Å²) in [5.41, 5.74) is 1.98. The molecular formula is C18H26N4O3. The first-order chi connectivity index (χ1) is 12.0. The Kier molecular flexibility index (Phi) is 5.43. The van der Waals surface area contributed by atoms with Crippen LogP contribution in [0.15, 0.2) is 24.3 Å². The number of rotatable bonds is 5. The summed E-state index contributed by atoms with van der Waals surface area (Å²) >= 11 is 0. The number of likely N-dealkylation sites (N-methyl/N-ethyl adjacent to an activating group) is 2. The summed E-state index contributed by atoms with van der Waals surface area (Å²) < 4.78 is 5.16. The van der Waals surface area contributed by atoms with Crippen LogP contribution in [0, 0.1) is 0 Å². The third kappa shape index (κ3) is 4.63. The lowest BCUT2D eigenvalue weighted by Gasteiger charge is -2.34. The number of piperazine rings is 1. The average Bonchev–Trinajstić information content (AvgIpc) is 2.93. The van der Waals surface area contributed by atoms with Crippen molar-refractivity contribution >= 4 is 23.4 Å². The van der Waals surface area contributed by atoms with Crippen LogP contribution in [0.5, 0.6) is 0 Å². The molecule has 2 heterocycles. The maximum absolute atomic E-state index is 12.1. The van der Waals surface area contributed by atoms with Crippen molar-refractivity contribution < 1.29 is 14.3 Å². The molecule has 2 amide bonds. The Morgan fingerprint density at radius 2 is 1.84 bits per heavy atom. The van der Waals surface area contributed by atoms with Gasteiger partial charge in [0, 0.05) is 51.0 Å². The van der Waals surface area contributed by atoms with Crippen LogP contribution in [0.3, 0.4) is 0 Å². The molecule has 1 aromatic carbocycles. The molecule has 1 N–H and O–H groups in total. The number of nitrogens with zero attached hydrogens (tertiary/aromatic N) is 3. The number of cyclic esters (lactones) is 1. The lowest BCUT2D eigenvalue weighted by atomic mass is 10.2. The minimum absolute atomic E-state index is 0.0575. The third-order valence-electron chi connectivity index (χ3n) is 4.77. The minimum atomic E-state index is -0.315. The van der Waals surface area contributed by atoms with E-state index < -0.39 is 0 Å². The smallest absolute Gasteiger partial charge is 0.409 e. The van der Waals surface area contributed by atoms with E-state index in [0.29, 0.717) is 19.4 Å². The number of carbonyl (C=O) groups excluding carboxylic acids is 2. The Morgan fingerprint density at radius 3 is 2.44 bits per heavy atom. The van der Waals surface area contributed by atoms with E-state index in [0.717, 1.165) is 31.9 Å². The number of nitrogens with one attached hydrogen (secondary N) is 1. The van der Waals surface area contributed by atoms with E-state index in [1.807, 2.05) is 12.1 Å². The fourth-order valence-electron chi connectivity index (χ4n) is 3.14. The van der Waals surface area contributed by atoms with Gasteiger partial charge in [-0.3, -0.25) is 4.79 Å². The van der Waals surface area contributed by atoms with Crippen LogP contribution < -0.4 is 10.2 Å². The highest BCUT2D eigenvalue weighted by molar-refractivity contribution is 5.90. The number of hydrogen-bond donors (Lipinski definition) is 1. The first kappa shape index (κ1) is 17.5. The SMILES string of the molecule is CN1CCN(c2ccc(NC(=O)CCC3CN(C)C(=O)O3)cc2)CC1. The molecule has 0 saturated carbocycles. The molecule has 2 aliphatic rings. The zero-order chi connectivity index (χ0) is 17.8. The molecule has 2 saturated heterocycles. The normalized spacial score (nSPS) is 21.4. The molecule has 3 rings (SSSR count). The molecule has 0 spiro atoms. The van der Waals surface area contributed by atoms with E-state index in [4.69, 9.17) is 4.74 Å². The standard InChI is InChI=1S/C18H26N4O3/c1-20-9-11-22(12-10-20)15-5-3-14(4-6-15)19-17(23)8-7-16-13-21(2)18(24)25-16/h3-6,16H,7-13H2,1-2H3,(H,19,23). The fourth-order valence-corrected chi connectivity index (χ4v) is 3.14. The summed E-state index contributed by atoms with van der Waals surface area (Å²) in [4.78, 5) is 29.6. The molecule has 0 aromatic heterocycles. The highest BCUT2D eigenvalue weighted by Gasteiger charge is 2.28. The quantitative estimate of drug-likeness (QED) is 0.877. The van der Waals surface area contributed by atoms with Crippen LogP contribution >= 0.6 is 0 Å². The molecule has 2 fully saturated rings. The molecular weight excluding hydrogens is 320 g/mol. The van der Waals surface area contributed by atoms with Crippen LogP contribution in [-0.4, -0.2) is 74.7 Å². The molecule has 1 atom stereocenters. The van der Waals surface area contributed by atoms with E-state index in [9.17, 15) is 9.59 Å². The second kappa shape index (κ2) is 7.74. The molecule has 2 aliphatic heterocycles. The molecule has 0 aliphatic carbocycles. The van der Waals surface area contributed by atoms with Gasteiger partial charge in [0.25, 0.3) is 0 Å². The van der Waals surface area contributed by atoms with Crippen LogP contribution in [-0.2, 0) is 9.53 Å². The van der Waals surface area contributed by atoms with Gasteiger partial charge in [0.05, 0.1) is 6.54 Å². The minimum Gasteiger partial charge on any atom is -0.444 e. The Morgan fingerprint density at radius 1 is 1.16 bits per heavy atom. The number of carbonyl (C=O) groups is 2. The lowest BCUT2D eigenvalue weighted by Crippen LogP contribution is -2.44. The molecule has 7 heteroatoms. The van der Waals surface area contributed by atoms with Gasteiger partial charge in [-0.25, -0.2) is 4.79 Å². The van der Waals surface area contributed by atoms with Gasteiger partial charge < -0.3 is 24.8 Å². The van der Waals surface area contributed by atoms with E-state index >= 15 is 0 Å². The van der Waals surface area contributed by atoms with E-state index in [1.54, 1.807) is 7.05 Å². The summed E-state index contributed by atoms with van der Waals surface area (Å²) in [6.07, 6.45) is 0.376. The van der Waals surface area contributed by atoms with Crippen molar-refractivity contribution in [1.29, 1.82) is 0 Å². The molecule has 136 valence electrons. The summed E-state index contributed by atoms with van der Waals surface area (Å²) in [6, 6.07) is 7.98. The number of amides is 2. The van der Waals surface area contributed by atoms with Gasteiger partial charge in [0.1, 0.15) is 6.10 Å². The maximum Gasteiger partial charge on any atom is 0.409 e. The number of benzene rings is 1. The van der Waals surface area contributed by atoms with Gasteiger partial charge >= 0.3 is 6.09 Å². The summed E-state index contributed by atoms with van der Waals surface area (Å²) in [5.74, 6) is -0.0575. The number of ether oxygens (including phenoxy) is 1. The van der Waals surface area contributed by atoms with Gasteiger partial charge in [-0.05, 0) is 37.7 Å². The van der Waals surface area contributed by atoms with E-state index in [-0.39, 0.29) is 18.1 Å². The summed E-state index contributed by atoms with van der Waals surface area (Å²) in [6.45, 7) is 4.73.